The Labute approximate surface area is 187 Å². The van der Waals surface area contributed by atoms with Gasteiger partial charge >= 0.3 is 0 Å². The van der Waals surface area contributed by atoms with Gasteiger partial charge in [-0.1, -0.05) is 12.1 Å². The summed E-state index contributed by atoms with van der Waals surface area (Å²) in [6.07, 6.45) is 5.34. The van der Waals surface area contributed by atoms with Gasteiger partial charge in [-0.2, -0.15) is 5.10 Å². The molecule has 8 nitrogen and oxygen atoms in total. The van der Waals surface area contributed by atoms with Crippen LogP contribution in [0.15, 0.2) is 60.2 Å². The summed E-state index contributed by atoms with van der Waals surface area (Å²) < 4.78 is 19.0. The minimum absolute atomic E-state index is 0.368. The number of nitrogens with one attached hydrogen (secondary N) is 1. The highest BCUT2D eigenvalue weighted by atomic mass is 16.5. The number of carbonyl (C=O) groups is 1. The van der Waals surface area contributed by atoms with E-state index < -0.39 is 0 Å². The van der Waals surface area contributed by atoms with E-state index in [0.717, 1.165) is 11.3 Å². The monoisotopic (exact) mass is 436 g/mol. The first-order chi connectivity index (χ1) is 15.6. The molecule has 0 saturated carbocycles. The van der Waals surface area contributed by atoms with Crippen molar-refractivity contribution in [1.29, 1.82) is 0 Å². The first-order valence-corrected chi connectivity index (χ1v) is 10.6. The van der Waals surface area contributed by atoms with Crippen LogP contribution in [-0.2, 0) is 0 Å². The van der Waals surface area contributed by atoms with Gasteiger partial charge in [-0.3, -0.25) is 4.79 Å². The average molecular weight is 437 g/mol. The third-order valence-electron chi connectivity index (χ3n) is 4.58. The van der Waals surface area contributed by atoms with Gasteiger partial charge in [0, 0.05) is 23.6 Å². The Hall–Kier alpha value is -3.81. The van der Waals surface area contributed by atoms with Crippen molar-refractivity contribution >= 4 is 11.6 Å². The number of ether oxygens (including phenoxy) is 3. The molecule has 3 rings (SSSR count). The van der Waals surface area contributed by atoms with Crippen LogP contribution in [0.1, 0.15) is 43.6 Å². The van der Waals surface area contributed by atoms with Crippen LogP contribution in [0.4, 0.5) is 0 Å². The van der Waals surface area contributed by atoms with Crippen LogP contribution in [0.3, 0.4) is 0 Å². The molecule has 1 N–H and O–H groups in total. The predicted molar refractivity (Wildman–Crippen MR) is 123 cm³/mol. The van der Waals surface area contributed by atoms with Crippen molar-refractivity contribution in [2.75, 3.05) is 19.8 Å². The van der Waals surface area contributed by atoms with E-state index in [1.807, 2.05) is 62.7 Å². The zero-order valence-electron chi connectivity index (χ0n) is 18.8. The quantitative estimate of drug-likeness (QED) is 0.380. The normalized spacial score (nSPS) is 11.2. The van der Waals surface area contributed by atoms with Crippen LogP contribution in [-0.4, -0.2) is 41.0 Å². The maximum atomic E-state index is 12.8. The second kappa shape index (κ2) is 11.0. The summed E-state index contributed by atoms with van der Waals surface area (Å²) >= 11 is 0. The van der Waals surface area contributed by atoms with Gasteiger partial charge in [-0.05, 0) is 57.5 Å². The molecular weight excluding hydrogens is 408 g/mol. The molecule has 0 atom stereocenters. The molecule has 1 amide bonds. The Morgan fingerprint density at radius 1 is 0.969 bits per heavy atom. The largest absolute Gasteiger partial charge is 0.490 e. The zero-order valence-corrected chi connectivity index (χ0v) is 18.8. The highest BCUT2D eigenvalue weighted by Gasteiger charge is 2.18. The van der Waals surface area contributed by atoms with Crippen molar-refractivity contribution in [2.24, 2.45) is 5.10 Å². The van der Waals surface area contributed by atoms with Crippen LogP contribution in [0.5, 0.6) is 17.2 Å². The van der Waals surface area contributed by atoms with E-state index in [9.17, 15) is 4.79 Å². The Kier molecular flexibility index (Phi) is 7.85. The molecule has 0 unspecified atom stereocenters. The van der Waals surface area contributed by atoms with E-state index in [-0.39, 0.29) is 5.91 Å². The van der Waals surface area contributed by atoms with Crippen molar-refractivity contribution in [3.05, 3.63) is 66.2 Å². The van der Waals surface area contributed by atoms with Gasteiger partial charge in [-0.25, -0.2) is 10.4 Å². The summed E-state index contributed by atoms with van der Waals surface area (Å²) in [5.41, 5.74) is 5.54. The molecule has 2 aromatic carbocycles. The Balaban J connectivity index is 1.78. The minimum Gasteiger partial charge on any atom is -0.490 e. The van der Waals surface area contributed by atoms with E-state index in [1.54, 1.807) is 24.7 Å². The standard InChI is InChI=1S/C24H28N4O4/c1-5-30-21-14-19(15-22(31-6-2)23(21)32-7-3)24(29)27-26-17(4)18-8-10-20(11-9-18)28-13-12-25-16-28/h8-16H,5-7H2,1-4H3,(H,27,29)/b26-17+. The molecule has 8 heteroatoms. The molecule has 0 aliphatic heterocycles. The lowest BCUT2D eigenvalue weighted by Gasteiger charge is -2.16. The van der Waals surface area contributed by atoms with E-state index >= 15 is 0 Å². The summed E-state index contributed by atoms with van der Waals surface area (Å²) in [6.45, 7) is 8.78. The summed E-state index contributed by atoms with van der Waals surface area (Å²) in [4.78, 5) is 16.8. The molecule has 1 aromatic heterocycles. The fourth-order valence-corrected chi connectivity index (χ4v) is 3.07. The van der Waals surface area contributed by atoms with Crippen LogP contribution in [0, 0.1) is 0 Å². The fraction of sp³-hybridized carbons (Fsp3) is 0.292. The average Bonchev–Trinajstić information content (AvgIpc) is 3.34. The number of aromatic nitrogens is 2. The maximum absolute atomic E-state index is 12.8. The van der Waals surface area contributed by atoms with Gasteiger partial charge in [-0.15, -0.1) is 0 Å². The molecule has 0 radical (unpaired) electrons. The van der Waals surface area contributed by atoms with Crippen molar-refractivity contribution in [2.45, 2.75) is 27.7 Å². The van der Waals surface area contributed by atoms with Crippen molar-refractivity contribution < 1.29 is 19.0 Å². The molecular formula is C24H28N4O4. The van der Waals surface area contributed by atoms with E-state index in [2.05, 4.69) is 15.5 Å². The number of hydrogen-bond donors (Lipinski definition) is 1. The van der Waals surface area contributed by atoms with Gasteiger partial charge in [0.2, 0.25) is 5.75 Å². The summed E-state index contributed by atoms with van der Waals surface area (Å²) in [5.74, 6) is 1.04. The summed E-state index contributed by atoms with van der Waals surface area (Å²) in [5, 5.41) is 4.26. The summed E-state index contributed by atoms with van der Waals surface area (Å²) in [6, 6.07) is 11.1. The molecule has 0 aliphatic rings. The Morgan fingerprint density at radius 3 is 2.12 bits per heavy atom. The number of hydrogen-bond acceptors (Lipinski definition) is 6. The highest BCUT2D eigenvalue weighted by Crippen LogP contribution is 2.39. The predicted octanol–water partition coefficient (Wildman–Crippen LogP) is 4.22. The van der Waals surface area contributed by atoms with Crippen molar-refractivity contribution in [1.82, 2.24) is 15.0 Å². The molecule has 0 aliphatic carbocycles. The lowest BCUT2D eigenvalue weighted by atomic mass is 10.1. The molecule has 32 heavy (non-hydrogen) atoms. The molecule has 0 fully saturated rings. The van der Waals surface area contributed by atoms with Crippen molar-refractivity contribution in [3.8, 4) is 22.9 Å². The van der Waals surface area contributed by atoms with E-state index in [0.29, 0.717) is 48.3 Å². The maximum Gasteiger partial charge on any atom is 0.271 e. The minimum atomic E-state index is -0.371. The third-order valence-corrected chi connectivity index (χ3v) is 4.58. The number of rotatable bonds is 10. The molecule has 0 spiro atoms. The molecule has 0 saturated heterocycles. The molecule has 0 bridgehead atoms. The fourth-order valence-electron chi connectivity index (χ4n) is 3.07. The second-order valence-corrected chi connectivity index (χ2v) is 6.76. The lowest BCUT2D eigenvalue weighted by molar-refractivity contribution is 0.0953. The van der Waals surface area contributed by atoms with E-state index in [4.69, 9.17) is 14.2 Å². The van der Waals surface area contributed by atoms with Crippen LogP contribution in [0.25, 0.3) is 5.69 Å². The first kappa shape index (κ1) is 22.9. The number of imidazole rings is 1. The topological polar surface area (TPSA) is 87.0 Å². The van der Waals surface area contributed by atoms with Crippen molar-refractivity contribution in [3.63, 3.8) is 0 Å². The van der Waals surface area contributed by atoms with E-state index in [1.165, 1.54) is 0 Å². The molecule has 3 aromatic rings. The van der Waals surface area contributed by atoms with Crippen LogP contribution in [0.2, 0.25) is 0 Å². The number of amides is 1. The van der Waals surface area contributed by atoms with Crippen LogP contribution >= 0.6 is 0 Å². The Morgan fingerprint density at radius 2 is 1.59 bits per heavy atom. The zero-order chi connectivity index (χ0) is 22.9. The molecule has 1 heterocycles. The SMILES string of the molecule is CCOc1cc(C(=O)N/N=C(\C)c2ccc(-n3ccnc3)cc2)cc(OCC)c1OCC. The molecule has 168 valence electrons. The number of carbonyl (C=O) groups excluding carboxylic acids is 1. The third kappa shape index (κ3) is 5.46. The number of benzene rings is 2. The van der Waals surface area contributed by atoms with Gasteiger partial charge < -0.3 is 18.8 Å². The van der Waals surface area contributed by atoms with Gasteiger partial charge in [0.15, 0.2) is 11.5 Å². The summed E-state index contributed by atoms with van der Waals surface area (Å²) in [7, 11) is 0. The number of nitrogens with zero attached hydrogens (tertiary/aromatic N) is 3. The highest BCUT2D eigenvalue weighted by molar-refractivity contribution is 6.01. The van der Waals surface area contributed by atoms with Gasteiger partial charge in [0.1, 0.15) is 0 Å². The van der Waals surface area contributed by atoms with Gasteiger partial charge in [0.05, 0.1) is 31.9 Å². The van der Waals surface area contributed by atoms with Gasteiger partial charge in [0.25, 0.3) is 5.91 Å². The van der Waals surface area contributed by atoms with Crippen LogP contribution < -0.4 is 19.6 Å². The first-order valence-electron chi connectivity index (χ1n) is 10.6. The Bertz CT molecular complexity index is 1030. The number of hydrazone groups is 1. The lowest BCUT2D eigenvalue weighted by Crippen LogP contribution is -2.20. The smallest absolute Gasteiger partial charge is 0.271 e. The second-order valence-electron chi connectivity index (χ2n) is 6.76.